The van der Waals surface area contributed by atoms with Crippen LogP contribution in [-0.2, 0) is 9.59 Å². The van der Waals surface area contributed by atoms with E-state index in [-0.39, 0.29) is 11.3 Å². The van der Waals surface area contributed by atoms with Crippen molar-refractivity contribution in [2.45, 2.75) is 12.5 Å². The summed E-state index contributed by atoms with van der Waals surface area (Å²) in [6.45, 7) is 1.07. The van der Waals surface area contributed by atoms with E-state index >= 15 is 0 Å². The first kappa shape index (κ1) is 25.9. The van der Waals surface area contributed by atoms with Crippen LogP contribution in [0.1, 0.15) is 23.6 Å². The highest BCUT2D eigenvalue weighted by Gasteiger charge is 2.46. The van der Waals surface area contributed by atoms with Crippen LogP contribution in [0.3, 0.4) is 0 Å². The average molecular weight is 485 g/mol. The van der Waals surface area contributed by atoms with Gasteiger partial charge in [-0.15, -0.1) is 0 Å². The number of methoxy groups -OCH3 is 4. The number of ketones is 1. The third-order valence-corrected chi connectivity index (χ3v) is 5.92. The maximum absolute atomic E-state index is 13.2. The van der Waals surface area contributed by atoms with Gasteiger partial charge in [0.15, 0.2) is 23.0 Å². The van der Waals surface area contributed by atoms with E-state index in [2.05, 4.69) is 0 Å². The fraction of sp³-hybridized carbons (Fsp3) is 0.385. The van der Waals surface area contributed by atoms with E-state index in [9.17, 15) is 14.7 Å². The molecule has 1 N–H and O–H groups in total. The summed E-state index contributed by atoms with van der Waals surface area (Å²) in [5.74, 6) is 0.131. The van der Waals surface area contributed by atoms with E-state index in [1.165, 1.54) is 33.3 Å². The van der Waals surface area contributed by atoms with E-state index in [1.807, 2.05) is 19.0 Å². The smallest absolute Gasteiger partial charge is 0.295 e. The Labute approximate surface area is 205 Å². The molecule has 3 rings (SSSR count). The number of carbonyl (C=O) groups excluding carboxylic acids is 2. The lowest BCUT2D eigenvalue weighted by Crippen LogP contribution is -2.32. The SMILES string of the molecule is COc1ccc(C(O)=C2C(=O)C(=O)N(CCCN(C)C)[C@H]2c2ccc(OC)c(OC)c2)cc1OC. The third kappa shape index (κ3) is 5.19. The van der Waals surface area contributed by atoms with Gasteiger partial charge in [0.2, 0.25) is 0 Å². The molecule has 1 amide bonds. The summed E-state index contributed by atoms with van der Waals surface area (Å²) in [5.41, 5.74) is 0.951. The van der Waals surface area contributed by atoms with Crippen LogP contribution in [0.5, 0.6) is 23.0 Å². The van der Waals surface area contributed by atoms with Crippen molar-refractivity contribution >= 4 is 17.4 Å². The van der Waals surface area contributed by atoms with Gasteiger partial charge in [-0.25, -0.2) is 0 Å². The van der Waals surface area contributed by atoms with Crippen LogP contribution in [0.25, 0.3) is 5.76 Å². The number of carbonyl (C=O) groups is 2. The van der Waals surface area contributed by atoms with E-state index in [1.54, 1.807) is 36.4 Å². The highest BCUT2D eigenvalue weighted by molar-refractivity contribution is 6.46. The predicted octanol–water partition coefficient (Wildman–Crippen LogP) is 3.09. The molecule has 2 aromatic rings. The highest BCUT2D eigenvalue weighted by atomic mass is 16.5. The summed E-state index contributed by atoms with van der Waals surface area (Å²) in [6.07, 6.45) is 0.653. The Morgan fingerprint density at radius 2 is 1.46 bits per heavy atom. The standard InChI is InChI=1S/C26H32N2O7/c1-27(2)12-7-13-28-23(16-8-10-18(32-3)20(14-16)34-5)22(25(30)26(28)31)24(29)17-9-11-19(33-4)21(15-17)35-6/h8-11,14-15,23,29H,7,12-13H2,1-6H3/t23-/m0/s1. The zero-order chi connectivity index (χ0) is 25.7. The van der Waals surface area contributed by atoms with Crippen LogP contribution >= 0.6 is 0 Å². The zero-order valence-electron chi connectivity index (χ0n) is 21.0. The van der Waals surface area contributed by atoms with Gasteiger partial charge in [0.1, 0.15) is 5.76 Å². The molecule has 9 nitrogen and oxygen atoms in total. The Balaban J connectivity index is 2.17. The molecule has 1 atom stereocenters. The van der Waals surface area contributed by atoms with E-state index in [0.29, 0.717) is 47.1 Å². The van der Waals surface area contributed by atoms with Crippen LogP contribution in [0.4, 0.5) is 0 Å². The number of likely N-dealkylation sites (tertiary alicyclic amines) is 1. The van der Waals surface area contributed by atoms with Gasteiger partial charge >= 0.3 is 0 Å². The van der Waals surface area contributed by atoms with E-state index in [4.69, 9.17) is 18.9 Å². The van der Waals surface area contributed by atoms with Gasteiger partial charge in [-0.2, -0.15) is 0 Å². The first-order valence-corrected chi connectivity index (χ1v) is 11.1. The molecule has 0 aliphatic carbocycles. The van der Waals surface area contributed by atoms with Crippen LogP contribution in [0, 0.1) is 0 Å². The molecule has 0 aromatic heterocycles. The highest BCUT2D eigenvalue weighted by Crippen LogP contribution is 2.42. The Bertz CT molecular complexity index is 1130. The summed E-state index contributed by atoms with van der Waals surface area (Å²) in [5, 5.41) is 11.3. The van der Waals surface area contributed by atoms with Gasteiger partial charge in [0.05, 0.1) is 40.1 Å². The minimum Gasteiger partial charge on any atom is -0.507 e. The Morgan fingerprint density at radius 1 is 0.886 bits per heavy atom. The van der Waals surface area contributed by atoms with Gasteiger partial charge in [0.25, 0.3) is 11.7 Å². The second-order valence-electron chi connectivity index (χ2n) is 8.33. The summed E-state index contributed by atoms with van der Waals surface area (Å²) < 4.78 is 21.4. The number of ether oxygens (including phenoxy) is 4. The Morgan fingerprint density at radius 3 is 2.03 bits per heavy atom. The largest absolute Gasteiger partial charge is 0.507 e. The molecule has 1 heterocycles. The summed E-state index contributed by atoms with van der Waals surface area (Å²) in [6, 6.07) is 9.21. The van der Waals surface area contributed by atoms with Crippen LogP contribution in [0.2, 0.25) is 0 Å². The fourth-order valence-electron chi connectivity index (χ4n) is 4.18. The Kier molecular flexibility index (Phi) is 8.24. The predicted molar refractivity (Wildman–Crippen MR) is 131 cm³/mol. The fourth-order valence-corrected chi connectivity index (χ4v) is 4.18. The maximum Gasteiger partial charge on any atom is 0.295 e. The number of amides is 1. The van der Waals surface area contributed by atoms with Crippen LogP contribution < -0.4 is 18.9 Å². The molecule has 1 fully saturated rings. The van der Waals surface area contributed by atoms with E-state index < -0.39 is 17.7 Å². The first-order chi connectivity index (χ1) is 16.8. The normalized spacial score (nSPS) is 17.1. The minimum absolute atomic E-state index is 0.000655. The molecule has 35 heavy (non-hydrogen) atoms. The average Bonchev–Trinajstić information content (AvgIpc) is 3.12. The number of benzene rings is 2. The van der Waals surface area contributed by atoms with Crippen LogP contribution in [-0.4, -0.2) is 82.2 Å². The van der Waals surface area contributed by atoms with Crippen molar-refractivity contribution in [2.24, 2.45) is 0 Å². The first-order valence-electron chi connectivity index (χ1n) is 11.1. The van der Waals surface area contributed by atoms with Crippen molar-refractivity contribution < 1.29 is 33.6 Å². The van der Waals surface area contributed by atoms with Crippen molar-refractivity contribution in [1.82, 2.24) is 9.80 Å². The minimum atomic E-state index is -0.801. The lowest BCUT2D eigenvalue weighted by molar-refractivity contribution is -0.139. The summed E-state index contributed by atoms with van der Waals surface area (Å²) in [4.78, 5) is 29.9. The molecule has 0 unspecified atom stereocenters. The summed E-state index contributed by atoms with van der Waals surface area (Å²) in [7, 11) is 9.91. The number of hydrogen-bond acceptors (Lipinski definition) is 8. The molecule has 0 bridgehead atoms. The monoisotopic (exact) mass is 484 g/mol. The second kappa shape index (κ2) is 11.1. The lowest BCUT2D eigenvalue weighted by Gasteiger charge is -2.26. The third-order valence-electron chi connectivity index (χ3n) is 5.92. The van der Waals surface area contributed by atoms with Gasteiger partial charge < -0.3 is 33.9 Å². The van der Waals surface area contributed by atoms with Crippen molar-refractivity contribution in [3.8, 4) is 23.0 Å². The van der Waals surface area contributed by atoms with Crippen molar-refractivity contribution in [1.29, 1.82) is 0 Å². The molecule has 1 saturated heterocycles. The number of nitrogens with zero attached hydrogens (tertiary/aromatic N) is 2. The van der Waals surface area contributed by atoms with Gasteiger partial charge in [-0.3, -0.25) is 9.59 Å². The van der Waals surface area contributed by atoms with Gasteiger partial charge in [-0.05, 0) is 63.0 Å². The molecular formula is C26H32N2O7. The van der Waals surface area contributed by atoms with Crippen molar-refractivity contribution in [3.05, 3.63) is 53.1 Å². The van der Waals surface area contributed by atoms with E-state index in [0.717, 1.165) is 6.54 Å². The number of hydrogen-bond donors (Lipinski definition) is 1. The number of aliphatic hydroxyl groups is 1. The molecule has 2 aromatic carbocycles. The summed E-state index contributed by atoms with van der Waals surface area (Å²) >= 11 is 0. The lowest BCUT2D eigenvalue weighted by atomic mass is 9.94. The number of aliphatic hydroxyl groups excluding tert-OH is 1. The molecule has 188 valence electrons. The molecule has 9 heteroatoms. The Hall–Kier alpha value is -3.72. The molecule has 0 radical (unpaired) electrons. The van der Waals surface area contributed by atoms with Crippen molar-refractivity contribution in [3.63, 3.8) is 0 Å². The topological polar surface area (TPSA) is 97.8 Å². The molecule has 0 spiro atoms. The molecular weight excluding hydrogens is 452 g/mol. The van der Waals surface area contributed by atoms with Gasteiger partial charge in [-0.1, -0.05) is 6.07 Å². The molecule has 1 aliphatic rings. The maximum atomic E-state index is 13.2. The van der Waals surface area contributed by atoms with Crippen molar-refractivity contribution in [2.75, 3.05) is 55.6 Å². The second-order valence-corrected chi connectivity index (χ2v) is 8.33. The van der Waals surface area contributed by atoms with Crippen LogP contribution in [0.15, 0.2) is 42.0 Å². The van der Waals surface area contributed by atoms with Gasteiger partial charge in [0, 0.05) is 12.1 Å². The zero-order valence-corrected chi connectivity index (χ0v) is 21.0. The number of Topliss-reactive ketones (excluding diaryl/α,β-unsaturated/α-hetero) is 1. The quantitative estimate of drug-likeness (QED) is 0.312. The molecule has 1 aliphatic heterocycles. The molecule has 0 saturated carbocycles. The number of rotatable bonds is 10.